The number of nitrogens with zero attached hydrogens (tertiary/aromatic N) is 2. The van der Waals surface area contributed by atoms with E-state index in [1.807, 2.05) is 0 Å². The molecule has 0 spiro atoms. The Bertz CT molecular complexity index is 901. The van der Waals surface area contributed by atoms with E-state index in [-0.39, 0.29) is 36.6 Å². The van der Waals surface area contributed by atoms with Crippen molar-refractivity contribution in [3.05, 3.63) is 34.1 Å². The number of aryl methyl sites for hydroxylation is 1. The number of aliphatic hydroxyl groups is 1. The Kier molecular flexibility index (Phi) is 7.02. The van der Waals surface area contributed by atoms with Gasteiger partial charge in [0, 0.05) is 41.9 Å². The van der Waals surface area contributed by atoms with Crippen molar-refractivity contribution in [3.8, 4) is 0 Å². The average molecular weight is 487 g/mol. The molecule has 1 aromatic rings. The van der Waals surface area contributed by atoms with Gasteiger partial charge in [0.1, 0.15) is 29.2 Å². The Morgan fingerprint density at radius 1 is 1.18 bits per heavy atom. The van der Waals surface area contributed by atoms with Gasteiger partial charge in [-0.1, -0.05) is 25.4 Å². The zero-order valence-corrected chi connectivity index (χ0v) is 20.7. The molecule has 2 heterocycles. The third-order valence-corrected chi connectivity index (χ3v) is 6.84. The SMILES string of the molecule is Cc1cc(Cl)cc(F)c1C1(O)[C@H](C)CN(C(=O)[C@@H]2C[C@@H](F)CN2C(=O)OC(C)(C)C)C[C@@H]1C. The van der Waals surface area contributed by atoms with E-state index in [4.69, 9.17) is 16.3 Å². The molecule has 3 rings (SSSR count). The summed E-state index contributed by atoms with van der Waals surface area (Å²) in [5, 5.41) is 11.9. The number of halogens is 3. The fourth-order valence-corrected chi connectivity index (χ4v) is 5.39. The first-order valence-electron chi connectivity index (χ1n) is 11.3. The lowest BCUT2D eigenvalue weighted by atomic mass is 9.69. The van der Waals surface area contributed by atoms with Gasteiger partial charge in [0.2, 0.25) is 5.91 Å². The van der Waals surface area contributed by atoms with Crippen LogP contribution in [0.25, 0.3) is 0 Å². The molecule has 184 valence electrons. The van der Waals surface area contributed by atoms with Gasteiger partial charge in [-0.25, -0.2) is 13.6 Å². The zero-order valence-electron chi connectivity index (χ0n) is 20.0. The van der Waals surface area contributed by atoms with Crippen LogP contribution in [0.4, 0.5) is 13.6 Å². The number of ether oxygens (including phenoxy) is 1. The van der Waals surface area contributed by atoms with Crippen molar-refractivity contribution in [2.45, 2.75) is 71.4 Å². The topological polar surface area (TPSA) is 70.1 Å². The van der Waals surface area contributed by atoms with E-state index >= 15 is 0 Å². The summed E-state index contributed by atoms with van der Waals surface area (Å²) in [5.74, 6) is -2.02. The van der Waals surface area contributed by atoms with Crippen molar-refractivity contribution in [1.29, 1.82) is 0 Å². The molecule has 0 saturated carbocycles. The summed E-state index contributed by atoms with van der Waals surface area (Å²) in [6.07, 6.45) is -2.16. The normalized spacial score (nSPS) is 30.5. The number of hydrogen-bond donors (Lipinski definition) is 1. The Hall–Kier alpha value is -1.93. The molecular weight excluding hydrogens is 454 g/mol. The van der Waals surface area contributed by atoms with Crippen LogP contribution < -0.4 is 0 Å². The lowest BCUT2D eigenvalue weighted by Crippen LogP contribution is -2.59. The molecule has 2 fully saturated rings. The van der Waals surface area contributed by atoms with Gasteiger partial charge in [0.05, 0.1) is 6.54 Å². The molecule has 5 atom stereocenters. The molecule has 33 heavy (non-hydrogen) atoms. The molecule has 0 bridgehead atoms. The minimum atomic E-state index is -1.52. The number of likely N-dealkylation sites (tertiary alicyclic amines) is 2. The Balaban J connectivity index is 1.83. The predicted molar refractivity (Wildman–Crippen MR) is 121 cm³/mol. The summed E-state index contributed by atoms with van der Waals surface area (Å²) in [5.41, 5.74) is -1.57. The van der Waals surface area contributed by atoms with E-state index in [2.05, 4.69) is 0 Å². The van der Waals surface area contributed by atoms with Gasteiger partial charge in [-0.2, -0.15) is 0 Å². The Morgan fingerprint density at radius 3 is 2.27 bits per heavy atom. The third-order valence-electron chi connectivity index (χ3n) is 6.62. The number of carbonyl (C=O) groups excluding carboxylic acids is 2. The summed E-state index contributed by atoms with van der Waals surface area (Å²) in [4.78, 5) is 28.7. The largest absolute Gasteiger partial charge is 0.444 e. The molecule has 9 heteroatoms. The first kappa shape index (κ1) is 25.7. The van der Waals surface area contributed by atoms with Crippen molar-refractivity contribution in [3.63, 3.8) is 0 Å². The third kappa shape index (κ3) is 4.97. The lowest BCUT2D eigenvalue weighted by molar-refractivity contribution is -0.153. The highest BCUT2D eigenvalue weighted by Gasteiger charge is 2.51. The highest BCUT2D eigenvalue weighted by molar-refractivity contribution is 6.30. The monoisotopic (exact) mass is 486 g/mol. The lowest BCUT2D eigenvalue weighted by Gasteiger charge is -2.49. The van der Waals surface area contributed by atoms with Crippen LogP contribution in [-0.2, 0) is 15.1 Å². The number of alkyl halides is 1. The number of carbonyl (C=O) groups is 2. The van der Waals surface area contributed by atoms with Crippen molar-refractivity contribution < 1.29 is 28.2 Å². The number of piperidine rings is 1. The minimum absolute atomic E-state index is 0.105. The van der Waals surface area contributed by atoms with Gasteiger partial charge in [0.25, 0.3) is 0 Å². The van der Waals surface area contributed by atoms with Crippen LogP contribution in [-0.4, -0.2) is 64.4 Å². The van der Waals surface area contributed by atoms with Gasteiger partial charge < -0.3 is 14.7 Å². The molecule has 0 aliphatic carbocycles. The van der Waals surface area contributed by atoms with E-state index in [9.17, 15) is 23.5 Å². The molecule has 1 unspecified atom stereocenters. The highest BCUT2D eigenvalue weighted by Crippen LogP contribution is 2.44. The summed E-state index contributed by atoms with van der Waals surface area (Å²) >= 11 is 5.96. The van der Waals surface area contributed by atoms with Crippen LogP contribution in [0, 0.1) is 24.6 Å². The Morgan fingerprint density at radius 2 is 1.76 bits per heavy atom. The van der Waals surface area contributed by atoms with Gasteiger partial charge in [-0.3, -0.25) is 9.69 Å². The number of benzene rings is 1. The quantitative estimate of drug-likeness (QED) is 0.671. The summed E-state index contributed by atoms with van der Waals surface area (Å²) in [6, 6.07) is 1.81. The second-order valence-corrected chi connectivity index (χ2v) is 10.9. The molecule has 0 radical (unpaired) electrons. The smallest absolute Gasteiger partial charge is 0.411 e. The van der Waals surface area contributed by atoms with Gasteiger partial charge in [0.15, 0.2) is 0 Å². The first-order chi connectivity index (χ1) is 15.1. The van der Waals surface area contributed by atoms with Crippen molar-refractivity contribution in [2.75, 3.05) is 19.6 Å². The standard InChI is InChI=1S/C24H33ClF2N2O4/c1-13-7-16(25)8-18(27)20(13)24(32)14(2)10-28(11-15(24)3)21(30)19-9-17(26)12-29(19)22(31)33-23(4,5)6/h7-8,14-15,17,19,32H,9-12H2,1-6H3/t14-,15+,17-,19+,24?/m1/s1. The van der Waals surface area contributed by atoms with Crippen molar-refractivity contribution in [1.82, 2.24) is 9.80 Å². The maximum absolute atomic E-state index is 14.9. The fourth-order valence-electron chi connectivity index (χ4n) is 5.13. The number of hydrogen-bond acceptors (Lipinski definition) is 4. The zero-order chi connectivity index (χ0) is 24.9. The second kappa shape index (κ2) is 9.02. The average Bonchev–Trinajstić information content (AvgIpc) is 3.05. The molecule has 2 amide bonds. The van der Waals surface area contributed by atoms with E-state index < -0.39 is 53.1 Å². The molecule has 2 saturated heterocycles. The van der Waals surface area contributed by atoms with E-state index in [1.54, 1.807) is 47.6 Å². The minimum Gasteiger partial charge on any atom is -0.444 e. The van der Waals surface area contributed by atoms with Crippen LogP contribution >= 0.6 is 11.6 Å². The maximum atomic E-state index is 14.9. The predicted octanol–water partition coefficient (Wildman–Crippen LogP) is 4.44. The summed E-state index contributed by atoms with van der Waals surface area (Å²) in [6.45, 7) is 10.4. The summed E-state index contributed by atoms with van der Waals surface area (Å²) in [7, 11) is 0. The maximum Gasteiger partial charge on any atom is 0.411 e. The van der Waals surface area contributed by atoms with Gasteiger partial charge >= 0.3 is 6.09 Å². The van der Waals surface area contributed by atoms with Crippen LogP contribution in [0.5, 0.6) is 0 Å². The van der Waals surface area contributed by atoms with Crippen LogP contribution in [0.3, 0.4) is 0 Å². The van der Waals surface area contributed by atoms with E-state index in [1.165, 1.54) is 11.0 Å². The molecular formula is C24H33ClF2N2O4. The second-order valence-electron chi connectivity index (χ2n) is 10.4. The van der Waals surface area contributed by atoms with E-state index in [0.29, 0.717) is 5.56 Å². The molecule has 0 aromatic heterocycles. The van der Waals surface area contributed by atoms with Crippen LogP contribution in [0.15, 0.2) is 12.1 Å². The summed E-state index contributed by atoms with van der Waals surface area (Å²) < 4.78 is 34.5. The Labute approximate surface area is 198 Å². The molecule has 1 aromatic carbocycles. The van der Waals surface area contributed by atoms with E-state index in [0.717, 1.165) is 4.90 Å². The number of amides is 2. The van der Waals surface area contributed by atoms with Crippen molar-refractivity contribution >= 4 is 23.6 Å². The first-order valence-corrected chi connectivity index (χ1v) is 11.6. The van der Waals surface area contributed by atoms with Crippen LogP contribution in [0.2, 0.25) is 5.02 Å². The van der Waals surface area contributed by atoms with Crippen LogP contribution in [0.1, 0.15) is 52.2 Å². The fraction of sp³-hybridized carbons (Fsp3) is 0.667. The van der Waals surface area contributed by atoms with Crippen molar-refractivity contribution in [2.24, 2.45) is 11.8 Å². The van der Waals surface area contributed by atoms with Gasteiger partial charge in [-0.05, 0) is 45.4 Å². The highest BCUT2D eigenvalue weighted by atomic mass is 35.5. The molecule has 6 nitrogen and oxygen atoms in total. The molecule has 1 N–H and O–H groups in total. The molecule has 2 aliphatic heterocycles. The number of rotatable bonds is 2. The van der Waals surface area contributed by atoms with Gasteiger partial charge in [-0.15, -0.1) is 0 Å². The molecule has 2 aliphatic rings.